The Morgan fingerprint density at radius 2 is 1.91 bits per heavy atom. The van der Waals surface area contributed by atoms with Crippen LogP contribution in [0.15, 0.2) is 42.6 Å². The Morgan fingerprint density at radius 3 is 2.39 bits per heavy atom. The fourth-order valence-corrected chi connectivity index (χ4v) is 2.37. The molecule has 2 rings (SSSR count). The Labute approximate surface area is 136 Å². The highest BCUT2D eigenvalue weighted by atomic mass is 16.6. The highest BCUT2D eigenvalue weighted by molar-refractivity contribution is 5.40. The third kappa shape index (κ3) is 4.50. The van der Waals surface area contributed by atoms with Crippen LogP contribution < -0.4 is 5.32 Å². The highest BCUT2D eigenvalue weighted by Crippen LogP contribution is 2.20. The Morgan fingerprint density at radius 1 is 1.22 bits per heavy atom. The number of nitro groups is 1. The monoisotopic (exact) mass is 314 g/mol. The second-order valence-electron chi connectivity index (χ2n) is 5.61. The summed E-state index contributed by atoms with van der Waals surface area (Å²) < 4.78 is 0. The van der Waals surface area contributed by atoms with E-state index in [1.165, 1.54) is 23.4 Å². The summed E-state index contributed by atoms with van der Waals surface area (Å²) in [5, 5.41) is 13.9. The zero-order valence-corrected chi connectivity index (χ0v) is 13.7. The summed E-state index contributed by atoms with van der Waals surface area (Å²) in [5.74, 6) is 0.632. The predicted molar refractivity (Wildman–Crippen MR) is 91.6 cm³/mol. The molecule has 1 heterocycles. The number of aromatic nitrogens is 1. The van der Waals surface area contributed by atoms with Gasteiger partial charge in [-0.05, 0) is 37.7 Å². The lowest BCUT2D eigenvalue weighted by atomic mass is 10.0. The summed E-state index contributed by atoms with van der Waals surface area (Å²) in [7, 11) is 4.06. The van der Waals surface area contributed by atoms with E-state index in [1.54, 1.807) is 6.07 Å². The van der Waals surface area contributed by atoms with Crippen molar-refractivity contribution in [2.24, 2.45) is 0 Å². The molecule has 0 saturated heterocycles. The average Bonchev–Trinajstić information content (AvgIpc) is 2.55. The zero-order chi connectivity index (χ0) is 16.8. The van der Waals surface area contributed by atoms with Crippen molar-refractivity contribution in [1.82, 2.24) is 9.88 Å². The number of hydrogen-bond acceptors (Lipinski definition) is 5. The SMILES string of the molecule is CCc1ccc(C(CNc2ccc([N+](=O)[O-])cn2)N(C)C)cc1. The number of likely N-dealkylation sites (N-methyl/N-ethyl adjacent to an activating group) is 1. The molecule has 6 heteroatoms. The lowest BCUT2D eigenvalue weighted by Crippen LogP contribution is -2.27. The fraction of sp³-hybridized carbons (Fsp3) is 0.353. The van der Waals surface area contributed by atoms with Gasteiger partial charge in [0, 0.05) is 12.6 Å². The van der Waals surface area contributed by atoms with Crippen LogP contribution in [0.1, 0.15) is 24.1 Å². The van der Waals surface area contributed by atoms with Gasteiger partial charge in [0.25, 0.3) is 5.69 Å². The fourth-order valence-electron chi connectivity index (χ4n) is 2.37. The zero-order valence-electron chi connectivity index (χ0n) is 13.7. The van der Waals surface area contributed by atoms with Gasteiger partial charge in [0.15, 0.2) is 0 Å². The van der Waals surface area contributed by atoms with Crippen molar-refractivity contribution >= 4 is 11.5 Å². The Kier molecular flexibility index (Phi) is 5.65. The molecular weight excluding hydrogens is 292 g/mol. The Hall–Kier alpha value is -2.47. The second-order valence-corrected chi connectivity index (χ2v) is 5.61. The number of hydrogen-bond donors (Lipinski definition) is 1. The topological polar surface area (TPSA) is 71.3 Å². The molecule has 1 atom stereocenters. The van der Waals surface area contributed by atoms with Gasteiger partial charge in [0.05, 0.1) is 11.0 Å². The van der Waals surface area contributed by atoms with Crippen LogP contribution in [0, 0.1) is 10.1 Å². The van der Waals surface area contributed by atoms with Gasteiger partial charge in [0.2, 0.25) is 0 Å². The van der Waals surface area contributed by atoms with Crippen LogP contribution in [-0.2, 0) is 6.42 Å². The molecule has 1 N–H and O–H groups in total. The van der Waals surface area contributed by atoms with Crippen LogP contribution in [0.4, 0.5) is 11.5 Å². The van der Waals surface area contributed by atoms with Gasteiger partial charge in [-0.15, -0.1) is 0 Å². The summed E-state index contributed by atoms with van der Waals surface area (Å²) >= 11 is 0. The quantitative estimate of drug-likeness (QED) is 0.627. The van der Waals surface area contributed by atoms with Gasteiger partial charge in [-0.25, -0.2) is 4.98 Å². The maximum atomic E-state index is 10.6. The molecular formula is C17H22N4O2. The first-order valence-electron chi connectivity index (χ1n) is 7.61. The molecule has 122 valence electrons. The van der Waals surface area contributed by atoms with Crippen molar-refractivity contribution in [2.75, 3.05) is 26.0 Å². The third-order valence-electron chi connectivity index (χ3n) is 3.83. The maximum absolute atomic E-state index is 10.6. The minimum atomic E-state index is -0.450. The normalized spacial score (nSPS) is 12.2. The number of nitrogens with one attached hydrogen (secondary N) is 1. The molecule has 6 nitrogen and oxygen atoms in total. The molecule has 0 aliphatic carbocycles. The number of pyridine rings is 1. The van der Waals surface area contributed by atoms with Crippen molar-refractivity contribution in [1.29, 1.82) is 0 Å². The summed E-state index contributed by atoms with van der Waals surface area (Å²) in [6.07, 6.45) is 2.29. The molecule has 0 aliphatic rings. The molecule has 0 fully saturated rings. The first-order valence-corrected chi connectivity index (χ1v) is 7.61. The number of nitrogens with zero attached hydrogens (tertiary/aromatic N) is 3. The molecule has 2 aromatic rings. The molecule has 1 aromatic heterocycles. The van der Waals surface area contributed by atoms with Crippen LogP contribution in [0.25, 0.3) is 0 Å². The van der Waals surface area contributed by atoms with Crippen LogP contribution in [-0.4, -0.2) is 35.4 Å². The largest absolute Gasteiger partial charge is 0.368 e. The van der Waals surface area contributed by atoms with Crippen LogP contribution in [0.3, 0.4) is 0 Å². The molecule has 23 heavy (non-hydrogen) atoms. The van der Waals surface area contributed by atoms with Crippen molar-refractivity contribution in [3.63, 3.8) is 0 Å². The third-order valence-corrected chi connectivity index (χ3v) is 3.83. The lowest BCUT2D eigenvalue weighted by Gasteiger charge is -2.25. The smallest absolute Gasteiger partial charge is 0.287 e. The molecule has 0 spiro atoms. The summed E-state index contributed by atoms with van der Waals surface area (Å²) in [4.78, 5) is 16.4. The molecule has 1 unspecified atom stereocenters. The van der Waals surface area contributed by atoms with E-state index in [2.05, 4.69) is 46.4 Å². The minimum absolute atomic E-state index is 0.00476. The van der Waals surface area contributed by atoms with E-state index in [9.17, 15) is 10.1 Å². The van der Waals surface area contributed by atoms with Gasteiger partial charge in [-0.2, -0.15) is 0 Å². The number of anilines is 1. The van der Waals surface area contributed by atoms with Gasteiger partial charge in [-0.1, -0.05) is 31.2 Å². The van der Waals surface area contributed by atoms with E-state index in [4.69, 9.17) is 0 Å². The first kappa shape index (κ1) is 16.9. The first-order chi connectivity index (χ1) is 11.0. The predicted octanol–water partition coefficient (Wildman–Crippen LogP) is 3.27. The molecule has 0 saturated carbocycles. The standard InChI is InChI=1S/C17H22N4O2/c1-4-13-5-7-14(8-6-13)16(20(2)3)12-19-17-10-9-15(11-18-17)21(22)23/h5-11,16H,4,12H2,1-3H3,(H,18,19). The van der Waals surface area contributed by atoms with E-state index < -0.39 is 4.92 Å². The summed E-state index contributed by atoms with van der Waals surface area (Å²) in [6, 6.07) is 11.9. The van der Waals surface area contributed by atoms with Gasteiger partial charge < -0.3 is 10.2 Å². The van der Waals surface area contributed by atoms with Crippen molar-refractivity contribution in [3.05, 3.63) is 63.8 Å². The molecule has 0 radical (unpaired) electrons. The van der Waals surface area contributed by atoms with Crippen molar-refractivity contribution in [2.45, 2.75) is 19.4 Å². The van der Waals surface area contributed by atoms with Crippen LogP contribution >= 0.6 is 0 Å². The number of rotatable bonds is 7. The van der Waals surface area contributed by atoms with E-state index >= 15 is 0 Å². The van der Waals surface area contributed by atoms with Gasteiger partial charge in [0.1, 0.15) is 12.0 Å². The highest BCUT2D eigenvalue weighted by Gasteiger charge is 2.14. The molecule has 0 aliphatic heterocycles. The van der Waals surface area contributed by atoms with Crippen LogP contribution in [0.5, 0.6) is 0 Å². The van der Waals surface area contributed by atoms with Gasteiger partial charge in [-0.3, -0.25) is 10.1 Å². The van der Waals surface area contributed by atoms with E-state index in [0.29, 0.717) is 12.4 Å². The van der Waals surface area contributed by atoms with Crippen molar-refractivity contribution < 1.29 is 4.92 Å². The Balaban J connectivity index is 2.05. The minimum Gasteiger partial charge on any atom is -0.368 e. The molecule has 0 bridgehead atoms. The van der Waals surface area contributed by atoms with E-state index in [1.807, 2.05) is 14.1 Å². The lowest BCUT2D eigenvalue weighted by molar-refractivity contribution is -0.385. The van der Waals surface area contributed by atoms with E-state index in [-0.39, 0.29) is 11.7 Å². The second kappa shape index (κ2) is 7.69. The maximum Gasteiger partial charge on any atom is 0.287 e. The average molecular weight is 314 g/mol. The van der Waals surface area contributed by atoms with E-state index in [0.717, 1.165) is 6.42 Å². The van der Waals surface area contributed by atoms with Gasteiger partial charge >= 0.3 is 0 Å². The number of benzene rings is 1. The van der Waals surface area contributed by atoms with Crippen LogP contribution in [0.2, 0.25) is 0 Å². The molecule has 0 amide bonds. The summed E-state index contributed by atoms with van der Waals surface area (Å²) in [5.41, 5.74) is 2.53. The Bertz CT molecular complexity index is 639. The molecule has 1 aromatic carbocycles. The van der Waals surface area contributed by atoms with Crippen molar-refractivity contribution in [3.8, 4) is 0 Å². The summed E-state index contributed by atoms with van der Waals surface area (Å²) in [6.45, 7) is 2.81. The number of aryl methyl sites for hydroxylation is 1.